The third-order valence-corrected chi connectivity index (χ3v) is 5.74. The number of nitrogens with zero attached hydrogens (tertiary/aromatic N) is 2. The van der Waals surface area contributed by atoms with Gasteiger partial charge >= 0.3 is 0 Å². The Morgan fingerprint density at radius 1 is 1.38 bits per heavy atom. The minimum atomic E-state index is -0.248. The van der Waals surface area contributed by atoms with Gasteiger partial charge in [0.25, 0.3) is 0 Å². The Labute approximate surface area is 137 Å². The Morgan fingerprint density at radius 3 is 2.71 bits per heavy atom. The highest BCUT2D eigenvalue weighted by Crippen LogP contribution is 2.43. The number of imidazole rings is 1. The maximum absolute atomic E-state index is 13.9. The molecule has 2 nitrogen and oxygen atoms in total. The van der Waals surface area contributed by atoms with Crippen LogP contribution < -0.4 is 0 Å². The van der Waals surface area contributed by atoms with E-state index in [9.17, 15) is 4.39 Å². The van der Waals surface area contributed by atoms with Crippen LogP contribution in [0.3, 0.4) is 0 Å². The molecule has 1 heterocycles. The molecule has 1 aliphatic rings. The molecule has 1 saturated carbocycles. The number of halogens is 3. The lowest BCUT2D eigenvalue weighted by Crippen LogP contribution is -2.23. The highest BCUT2D eigenvalue weighted by Gasteiger charge is 2.33. The van der Waals surface area contributed by atoms with Crippen LogP contribution in [0.25, 0.3) is 11.0 Å². The van der Waals surface area contributed by atoms with Crippen LogP contribution in [0.1, 0.15) is 44.9 Å². The molecule has 1 aromatic carbocycles. The zero-order chi connectivity index (χ0) is 15.0. The zero-order valence-electron chi connectivity index (χ0n) is 12.1. The van der Waals surface area contributed by atoms with E-state index in [4.69, 9.17) is 11.6 Å². The van der Waals surface area contributed by atoms with Crippen LogP contribution in [-0.4, -0.2) is 9.55 Å². The standard InChI is InChI=1S/C16H19BrClFN2/c1-2-16(5-3-4-6-16)10-21-14-8-12(19)11(17)7-13(14)20-15(21)9-18/h7-8H,2-6,9-10H2,1H3. The van der Waals surface area contributed by atoms with E-state index < -0.39 is 0 Å². The Hall–Kier alpha value is -0.610. The van der Waals surface area contributed by atoms with Gasteiger partial charge in [0.15, 0.2) is 0 Å². The summed E-state index contributed by atoms with van der Waals surface area (Å²) in [5, 5.41) is 0. The van der Waals surface area contributed by atoms with Crippen LogP contribution in [0.4, 0.5) is 4.39 Å². The molecule has 0 spiro atoms. The molecule has 21 heavy (non-hydrogen) atoms. The summed E-state index contributed by atoms with van der Waals surface area (Å²) in [6.07, 6.45) is 6.20. The second-order valence-electron chi connectivity index (χ2n) is 6.06. The van der Waals surface area contributed by atoms with Crippen molar-refractivity contribution in [2.24, 2.45) is 5.41 Å². The summed E-state index contributed by atoms with van der Waals surface area (Å²) in [5.41, 5.74) is 1.98. The largest absolute Gasteiger partial charge is 0.326 e. The predicted octanol–water partition coefficient (Wildman–Crippen LogP) is 5.65. The van der Waals surface area contributed by atoms with E-state index in [1.807, 2.05) is 0 Å². The van der Waals surface area contributed by atoms with Crippen molar-refractivity contribution < 1.29 is 4.39 Å². The summed E-state index contributed by atoms with van der Waals surface area (Å²) in [4.78, 5) is 4.57. The van der Waals surface area contributed by atoms with Crippen LogP contribution in [-0.2, 0) is 12.4 Å². The van der Waals surface area contributed by atoms with Crippen LogP contribution >= 0.6 is 27.5 Å². The molecule has 1 fully saturated rings. The molecule has 1 aliphatic carbocycles. The van der Waals surface area contributed by atoms with Gasteiger partial charge in [-0.15, -0.1) is 11.6 Å². The topological polar surface area (TPSA) is 17.8 Å². The number of hydrogen-bond donors (Lipinski definition) is 0. The first kappa shape index (κ1) is 15.3. The van der Waals surface area contributed by atoms with Crippen LogP contribution in [0.5, 0.6) is 0 Å². The zero-order valence-corrected chi connectivity index (χ0v) is 14.5. The molecule has 3 rings (SSSR count). The van der Waals surface area contributed by atoms with Crippen molar-refractivity contribution in [2.75, 3.05) is 0 Å². The summed E-state index contributed by atoms with van der Waals surface area (Å²) < 4.78 is 16.5. The molecule has 0 amide bonds. The van der Waals surface area contributed by atoms with Gasteiger partial charge in [0.05, 0.1) is 21.4 Å². The Kier molecular flexibility index (Phi) is 4.28. The average molecular weight is 374 g/mol. The van der Waals surface area contributed by atoms with Gasteiger partial charge in [-0.1, -0.05) is 19.8 Å². The molecule has 114 valence electrons. The lowest BCUT2D eigenvalue weighted by Gasteiger charge is -2.29. The van der Waals surface area contributed by atoms with Gasteiger partial charge in [-0.3, -0.25) is 0 Å². The number of alkyl halides is 1. The molecule has 0 bridgehead atoms. The molecular weight excluding hydrogens is 355 g/mol. The fourth-order valence-electron chi connectivity index (χ4n) is 3.53. The van der Waals surface area contributed by atoms with E-state index in [2.05, 4.69) is 32.4 Å². The number of rotatable bonds is 4. The maximum atomic E-state index is 13.9. The van der Waals surface area contributed by atoms with Gasteiger partial charge in [-0.05, 0) is 46.7 Å². The quantitative estimate of drug-likeness (QED) is 0.633. The van der Waals surface area contributed by atoms with Crippen molar-refractivity contribution in [2.45, 2.75) is 51.5 Å². The molecule has 0 aliphatic heterocycles. The molecule has 1 aromatic heterocycles. The lowest BCUT2D eigenvalue weighted by molar-refractivity contribution is 0.238. The van der Waals surface area contributed by atoms with E-state index in [1.54, 1.807) is 12.1 Å². The highest BCUT2D eigenvalue weighted by atomic mass is 79.9. The molecule has 0 unspecified atom stereocenters. The molecular formula is C16H19BrClFN2. The number of hydrogen-bond acceptors (Lipinski definition) is 1. The van der Waals surface area contributed by atoms with Crippen molar-refractivity contribution in [3.8, 4) is 0 Å². The molecule has 0 atom stereocenters. The molecule has 2 aromatic rings. The van der Waals surface area contributed by atoms with Gasteiger partial charge in [-0.2, -0.15) is 0 Å². The summed E-state index contributed by atoms with van der Waals surface area (Å²) in [6.45, 7) is 3.14. The van der Waals surface area contributed by atoms with Crippen molar-refractivity contribution >= 4 is 38.6 Å². The summed E-state index contributed by atoms with van der Waals surface area (Å²) >= 11 is 9.30. The smallest absolute Gasteiger partial charge is 0.139 e. The maximum Gasteiger partial charge on any atom is 0.139 e. The third kappa shape index (κ3) is 2.72. The van der Waals surface area contributed by atoms with Crippen molar-refractivity contribution in [3.05, 3.63) is 28.2 Å². The summed E-state index contributed by atoms with van der Waals surface area (Å²) in [7, 11) is 0. The highest BCUT2D eigenvalue weighted by molar-refractivity contribution is 9.10. The van der Waals surface area contributed by atoms with E-state index >= 15 is 0 Å². The first-order valence-electron chi connectivity index (χ1n) is 7.49. The fourth-order valence-corrected chi connectivity index (χ4v) is 4.07. The molecule has 5 heteroatoms. The number of aromatic nitrogens is 2. The molecule has 0 radical (unpaired) electrons. The van der Waals surface area contributed by atoms with Crippen molar-refractivity contribution in [1.29, 1.82) is 0 Å². The number of benzene rings is 1. The van der Waals surface area contributed by atoms with Gasteiger partial charge in [-0.25, -0.2) is 9.37 Å². The first-order chi connectivity index (χ1) is 10.1. The minimum Gasteiger partial charge on any atom is -0.326 e. The summed E-state index contributed by atoms with van der Waals surface area (Å²) in [6, 6.07) is 3.31. The minimum absolute atomic E-state index is 0.248. The van der Waals surface area contributed by atoms with Crippen LogP contribution in [0, 0.1) is 11.2 Å². The fraction of sp³-hybridized carbons (Fsp3) is 0.562. The summed E-state index contributed by atoms with van der Waals surface area (Å²) in [5.74, 6) is 0.943. The Morgan fingerprint density at radius 2 is 2.10 bits per heavy atom. The SMILES string of the molecule is CCC1(Cn2c(CCl)nc3cc(Br)c(F)cc32)CCCC1. The van der Waals surface area contributed by atoms with E-state index in [0.717, 1.165) is 29.8 Å². The average Bonchev–Trinajstić information content (AvgIpc) is 3.07. The van der Waals surface area contributed by atoms with E-state index in [-0.39, 0.29) is 5.82 Å². The van der Waals surface area contributed by atoms with E-state index in [1.165, 1.54) is 25.7 Å². The Bertz CT molecular complexity index is 662. The number of fused-ring (bicyclic) bond motifs is 1. The van der Waals surface area contributed by atoms with Gasteiger partial charge in [0.1, 0.15) is 11.6 Å². The van der Waals surface area contributed by atoms with Gasteiger partial charge < -0.3 is 4.57 Å². The van der Waals surface area contributed by atoms with Crippen LogP contribution in [0.2, 0.25) is 0 Å². The molecule has 0 N–H and O–H groups in total. The van der Waals surface area contributed by atoms with E-state index in [0.29, 0.717) is 15.8 Å². The van der Waals surface area contributed by atoms with Crippen molar-refractivity contribution in [3.63, 3.8) is 0 Å². The van der Waals surface area contributed by atoms with Crippen molar-refractivity contribution in [1.82, 2.24) is 9.55 Å². The predicted molar refractivity (Wildman–Crippen MR) is 88.1 cm³/mol. The molecule has 0 saturated heterocycles. The monoisotopic (exact) mass is 372 g/mol. The first-order valence-corrected chi connectivity index (χ1v) is 8.81. The van der Waals surface area contributed by atoms with Gasteiger partial charge in [0.2, 0.25) is 0 Å². The normalized spacial score (nSPS) is 17.7. The lowest BCUT2D eigenvalue weighted by atomic mass is 9.83. The van der Waals surface area contributed by atoms with Crippen LogP contribution in [0.15, 0.2) is 16.6 Å². The van der Waals surface area contributed by atoms with Gasteiger partial charge in [0, 0.05) is 12.6 Å². The second kappa shape index (κ2) is 5.88. The second-order valence-corrected chi connectivity index (χ2v) is 7.19. The third-order valence-electron chi connectivity index (χ3n) is 4.90. The Balaban J connectivity index is 2.09.